The lowest BCUT2D eigenvalue weighted by atomic mass is 9.99. The molecule has 19 heteroatoms. The summed E-state index contributed by atoms with van der Waals surface area (Å²) in [5, 5.41) is 79.0. The zero-order valence-corrected chi connectivity index (χ0v) is 26.5. The van der Waals surface area contributed by atoms with E-state index in [0.29, 0.717) is 19.4 Å². The van der Waals surface area contributed by atoms with Gasteiger partial charge >= 0.3 is 0 Å². The largest absolute Gasteiger partial charge is 0.394 e. The van der Waals surface area contributed by atoms with Crippen LogP contribution in [0, 0.1) is 0 Å². The van der Waals surface area contributed by atoms with Gasteiger partial charge in [0.2, 0.25) is 23.6 Å². The first kappa shape index (κ1) is 40.6. The number of aliphatic hydroxyl groups is 7. The number of hydrogen-bond donors (Lipinski definition) is 11. The predicted molar refractivity (Wildman–Crippen MR) is 158 cm³/mol. The highest BCUT2D eigenvalue weighted by atomic mass is 16.7. The number of ether oxygens (including phenoxy) is 4. The van der Waals surface area contributed by atoms with Crippen LogP contribution in [0.25, 0.3) is 0 Å². The van der Waals surface area contributed by atoms with Crippen LogP contribution in [0.3, 0.4) is 0 Å². The Labute approximate surface area is 271 Å². The molecule has 47 heavy (non-hydrogen) atoms. The van der Waals surface area contributed by atoms with E-state index in [9.17, 15) is 54.9 Å². The molecule has 0 aromatic heterocycles. The van der Waals surface area contributed by atoms with Gasteiger partial charge in [-0.15, -0.1) is 0 Å². The minimum atomic E-state index is -1.65. The lowest BCUT2D eigenvalue weighted by Crippen LogP contribution is -2.59. The molecule has 0 aromatic carbocycles. The number of unbranched alkanes of at least 4 members (excludes halogenated alkanes) is 1. The van der Waals surface area contributed by atoms with E-state index in [2.05, 4.69) is 21.3 Å². The Balaban J connectivity index is 1.87. The van der Waals surface area contributed by atoms with Gasteiger partial charge in [0.05, 0.1) is 32.3 Å². The molecule has 2 fully saturated rings. The average molecular weight is 683 g/mol. The van der Waals surface area contributed by atoms with E-state index in [-0.39, 0.29) is 45.1 Å². The van der Waals surface area contributed by atoms with Crippen LogP contribution in [0.4, 0.5) is 0 Å². The molecule has 0 bridgehead atoms. The van der Waals surface area contributed by atoms with Gasteiger partial charge in [0.15, 0.2) is 12.6 Å². The molecule has 2 aliphatic heterocycles. The summed E-state index contributed by atoms with van der Waals surface area (Å²) in [5.41, 5.74) is 0. The number of nitrogens with one attached hydrogen (secondary N) is 4. The second-order valence-corrected chi connectivity index (χ2v) is 11.2. The molecule has 0 saturated carbocycles. The molecule has 2 aliphatic rings. The Morgan fingerprint density at radius 3 is 1.85 bits per heavy atom. The van der Waals surface area contributed by atoms with Crippen molar-refractivity contribution in [2.45, 2.75) is 113 Å². The van der Waals surface area contributed by atoms with Gasteiger partial charge in [-0.3, -0.25) is 19.2 Å². The van der Waals surface area contributed by atoms with Crippen molar-refractivity contribution in [1.29, 1.82) is 0 Å². The Bertz CT molecular complexity index is 992. The molecule has 0 radical (unpaired) electrons. The van der Waals surface area contributed by atoms with E-state index in [0.717, 1.165) is 0 Å². The average Bonchev–Trinajstić information content (AvgIpc) is 3.04. The lowest BCUT2D eigenvalue weighted by Gasteiger charge is -2.39. The third-order valence-electron chi connectivity index (χ3n) is 7.52. The number of aliphatic hydroxyl groups excluding tert-OH is 7. The maximum atomic E-state index is 13.0. The van der Waals surface area contributed by atoms with Crippen LogP contribution in [-0.4, -0.2) is 166 Å². The Morgan fingerprint density at radius 2 is 1.26 bits per heavy atom. The van der Waals surface area contributed by atoms with Crippen molar-refractivity contribution < 1.29 is 73.9 Å². The van der Waals surface area contributed by atoms with Gasteiger partial charge in [-0.05, 0) is 26.7 Å². The van der Waals surface area contributed by atoms with E-state index in [1.54, 1.807) is 6.92 Å². The minimum absolute atomic E-state index is 0.0124. The van der Waals surface area contributed by atoms with Crippen molar-refractivity contribution in [2.24, 2.45) is 0 Å². The van der Waals surface area contributed by atoms with Crippen LogP contribution < -0.4 is 21.3 Å². The fraction of sp³-hybridized carbons (Fsp3) is 0.857. The Morgan fingerprint density at radius 1 is 0.702 bits per heavy atom. The molecular formula is C28H50N4O15. The first-order chi connectivity index (χ1) is 22.3. The van der Waals surface area contributed by atoms with E-state index >= 15 is 0 Å². The summed E-state index contributed by atoms with van der Waals surface area (Å²) in [6, 6.07) is -1.32. The summed E-state index contributed by atoms with van der Waals surface area (Å²) in [6.07, 6.45) is -13.3. The van der Waals surface area contributed by atoms with Gasteiger partial charge in [0, 0.05) is 32.5 Å². The van der Waals surface area contributed by atoms with Crippen LogP contribution in [-0.2, 0) is 38.1 Å². The molecule has 272 valence electrons. The lowest BCUT2D eigenvalue weighted by molar-refractivity contribution is -0.300. The van der Waals surface area contributed by atoms with Crippen molar-refractivity contribution in [3.63, 3.8) is 0 Å². The number of amides is 4. The zero-order valence-electron chi connectivity index (χ0n) is 26.5. The second-order valence-electron chi connectivity index (χ2n) is 11.2. The summed E-state index contributed by atoms with van der Waals surface area (Å²) < 4.78 is 21.3. The fourth-order valence-corrected chi connectivity index (χ4v) is 4.78. The van der Waals surface area contributed by atoms with Gasteiger partial charge in [-0.2, -0.15) is 0 Å². The molecule has 2 heterocycles. The quantitative estimate of drug-likeness (QED) is 0.0567. The van der Waals surface area contributed by atoms with Crippen LogP contribution in [0.2, 0.25) is 0 Å². The first-order valence-corrected chi connectivity index (χ1v) is 15.6. The Hall–Kier alpha value is -2.56. The van der Waals surface area contributed by atoms with Gasteiger partial charge in [0.25, 0.3) is 0 Å². The number of hydrogen-bond acceptors (Lipinski definition) is 15. The van der Waals surface area contributed by atoms with E-state index < -0.39 is 98.2 Å². The third kappa shape index (κ3) is 13.1. The minimum Gasteiger partial charge on any atom is -0.394 e. The molecule has 2 rings (SSSR count). The molecule has 0 aromatic rings. The zero-order chi connectivity index (χ0) is 35.1. The molecule has 19 nitrogen and oxygen atoms in total. The molecule has 0 spiro atoms. The molecule has 11 N–H and O–H groups in total. The molecule has 0 aliphatic carbocycles. The summed E-state index contributed by atoms with van der Waals surface area (Å²) in [7, 11) is 0. The summed E-state index contributed by atoms with van der Waals surface area (Å²) in [4.78, 5) is 49.8. The summed E-state index contributed by atoms with van der Waals surface area (Å²) in [6.45, 7) is 2.44. The maximum absolute atomic E-state index is 13.0. The molecule has 2 saturated heterocycles. The van der Waals surface area contributed by atoms with Gasteiger partial charge < -0.3 is 76.0 Å². The topological polar surface area (TPSA) is 295 Å². The van der Waals surface area contributed by atoms with E-state index in [1.807, 2.05) is 0 Å². The highest BCUT2D eigenvalue weighted by Gasteiger charge is 2.44. The second kappa shape index (κ2) is 20.7. The van der Waals surface area contributed by atoms with Crippen molar-refractivity contribution in [3.8, 4) is 0 Å². The molecule has 1 unspecified atom stereocenters. The summed E-state index contributed by atoms with van der Waals surface area (Å²) in [5.74, 6) is -2.07. The van der Waals surface area contributed by atoms with Crippen molar-refractivity contribution in [1.82, 2.24) is 21.3 Å². The summed E-state index contributed by atoms with van der Waals surface area (Å²) >= 11 is 0. The van der Waals surface area contributed by atoms with Crippen LogP contribution in [0.1, 0.15) is 46.0 Å². The SMILES string of the molecule is CCNC(=O)CCCCC(=O)NC(CC(=O)NCCO[C@@H]1O[C@@H](C)[C@@H](O)[C@@H](O)[C@@H]1O)C(=O)NCCO[C@H]1O[C@H](CO)[C@@H](O)[C@H](O)[C@@H]1O. The van der Waals surface area contributed by atoms with Gasteiger partial charge in [0.1, 0.15) is 48.8 Å². The highest BCUT2D eigenvalue weighted by Crippen LogP contribution is 2.22. The van der Waals surface area contributed by atoms with E-state index in [4.69, 9.17) is 18.9 Å². The predicted octanol–water partition coefficient (Wildman–Crippen LogP) is -5.55. The monoisotopic (exact) mass is 682 g/mol. The first-order valence-electron chi connectivity index (χ1n) is 15.6. The number of carbonyl (C=O) groups is 4. The molecule has 4 amide bonds. The highest BCUT2D eigenvalue weighted by molar-refractivity contribution is 5.92. The number of rotatable bonds is 19. The van der Waals surface area contributed by atoms with Crippen molar-refractivity contribution >= 4 is 23.6 Å². The maximum Gasteiger partial charge on any atom is 0.243 e. The molecular weight excluding hydrogens is 632 g/mol. The Kier molecular flexibility index (Phi) is 17.9. The van der Waals surface area contributed by atoms with Crippen LogP contribution >= 0.6 is 0 Å². The van der Waals surface area contributed by atoms with Crippen molar-refractivity contribution in [3.05, 3.63) is 0 Å². The van der Waals surface area contributed by atoms with Crippen LogP contribution in [0.5, 0.6) is 0 Å². The fourth-order valence-electron chi connectivity index (χ4n) is 4.78. The van der Waals surface area contributed by atoms with Crippen molar-refractivity contribution in [2.75, 3.05) is 39.5 Å². The third-order valence-corrected chi connectivity index (χ3v) is 7.52. The normalized spacial score (nSPS) is 31.4. The van der Waals surface area contributed by atoms with E-state index in [1.165, 1.54) is 6.92 Å². The van der Waals surface area contributed by atoms with Gasteiger partial charge in [-0.25, -0.2) is 0 Å². The van der Waals surface area contributed by atoms with Gasteiger partial charge in [-0.1, -0.05) is 0 Å². The standard InChI is InChI=1S/C28H50N4O15/c1-3-29-17(34)6-4-5-7-18(35)32-15(12-19(36)30-8-10-44-27-24(41)22(39)20(37)14(2)46-27)26(43)31-9-11-45-28-25(42)23(40)21(38)16(13-33)47-28/h14-16,20-25,27-28,33,37-42H,3-13H2,1-2H3,(H,29,34)(H,30,36)(H,31,43)(H,32,35)/t14-,15?,16+,20+,21+,22+,23-,24-,25-,27+,28-/m0/s1. The van der Waals surface area contributed by atoms with Crippen LogP contribution in [0.15, 0.2) is 0 Å². The number of carbonyl (C=O) groups excluding carboxylic acids is 4. The molecule has 11 atom stereocenters. The smallest absolute Gasteiger partial charge is 0.243 e.